The van der Waals surface area contributed by atoms with E-state index in [9.17, 15) is 13.2 Å². The Hall–Kier alpha value is -1.15. The molecular weight excluding hydrogens is 366 g/mol. The van der Waals surface area contributed by atoms with E-state index >= 15 is 0 Å². The Morgan fingerprint density at radius 3 is 2.48 bits per heavy atom. The first-order valence-corrected chi connectivity index (χ1v) is 10.3. The maximum atomic E-state index is 12.6. The van der Waals surface area contributed by atoms with Gasteiger partial charge in [0.05, 0.1) is 16.9 Å². The number of esters is 1. The van der Waals surface area contributed by atoms with Crippen LogP contribution < -0.4 is 0 Å². The van der Waals surface area contributed by atoms with Crippen LogP contribution in [0.3, 0.4) is 0 Å². The smallest absolute Gasteiger partial charge is 0.309 e. The monoisotopic (exact) mass is 387 g/mol. The molecule has 25 heavy (non-hydrogen) atoms. The number of ether oxygens (including phenoxy) is 2. The molecule has 3 rings (SSSR count). The average Bonchev–Trinajstić information content (AvgIpc) is 3.14. The number of halogens is 1. The molecule has 1 aromatic rings. The first kappa shape index (κ1) is 18.6. The summed E-state index contributed by atoms with van der Waals surface area (Å²) in [4.78, 5) is 12.4. The molecule has 2 heterocycles. The zero-order valence-electron chi connectivity index (χ0n) is 13.9. The predicted molar refractivity (Wildman–Crippen MR) is 92.9 cm³/mol. The largest absolute Gasteiger partial charge is 0.463 e. The number of nitrogens with zero attached hydrogens (tertiary/aromatic N) is 1. The molecule has 1 atom stereocenters. The normalized spacial score (nSPS) is 22.8. The lowest BCUT2D eigenvalue weighted by molar-refractivity contribution is -0.153. The third-order valence-corrected chi connectivity index (χ3v) is 6.84. The molecule has 138 valence electrons. The van der Waals surface area contributed by atoms with Crippen molar-refractivity contribution >= 4 is 27.6 Å². The zero-order chi connectivity index (χ0) is 17.9. The van der Waals surface area contributed by atoms with Crippen molar-refractivity contribution < 1.29 is 22.7 Å². The SMILES string of the molecule is O=C(OCC1CCCO1)C1CCN(S(=O)(=O)c2ccc(Cl)cc2)CC1. The van der Waals surface area contributed by atoms with E-state index in [0.717, 1.165) is 19.4 Å². The number of hydrogen-bond donors (Lipinski definition) is 0. The van der Waals surface area contributed by atoms with Crippen molar-refractivity contribution in [2.24, 2.45) is 5.92 Å². The van der Waals surface area contributed by atoms with E-state index in [4.69, 9.17) is 21.1 Å². The summed E-state index contributed by atoms with van der Waals surface area (Å²) < 4.78 is 37.4. The van der Waals surface area contributed by atoms with Crippen molar-refractivity contribution in [3.8, 4) is 0 Å². The van der Waals surface area contributed by atoms with E-state index in [2.05, 4.69) is 0 Å². The average molecular weight is 388 g/mol. The molecule has 0 aromatic heterocycles. The van der Waals surface area contributed by atoms with Crippen LogP contribution in [0.4, 0.5) is 0 Å². The Morgan fingerprint density at radius 1 is 1.20 bits per heavy atom. The van der Waals surface area contributed by atoms with Gasteiger partial charge in [-0.2, -0.15) is 4.31 Å². The van der Waals surface area contributed by atoms with Crippen LogP contribution in [-0.2, 0) is 24.3 Å². The van der Waals surface area contributed by atoms with Crippen LogP contribution in [0.2, 0.25) is 5.02 Å². The Bertz CT molecular complexity index is 692. The van der Waals surface area contributed by atoms with Crippen molar-refractivity contribution in [3.05, 3.63) is 29.3 Å². The Morgan fingerprint density at radius 2 is 1.88 bits per heavy atom. The van der Waals surface area contributed by atoms with E-state index in [0.29, 0.717) is 37.6 Å². The summed E-state index contributed by atoms with van der Waals surface area (Å²) in [5.74, 6) is -0.503. The lowest BCUT2D eigenvalue weighted by Gasteiger charge is -2.30. The van der Waals surface area contributed by atoms with E-state index in [1.54, 1.807) is 12.1 Å². The fourth-order valence-electron chi connectivity index (χ4n) is 3.16. The molecule has 8 heteroatoms. The van der Waals surface area contributed by atoms with Gasteiger partial charge < -0.3 is 9.47 Å². The molecule has 0 radical (unpaired) electrons. The number of benzene rings is 1. The van der Waals surface area contributed by atoms with Crippen molar-refractivity contribution in [2.75, 3.05) is 26.3 Å². The van der Waals surface area contributed by atoms with Gasteiger partial charge >= 0.3 is 5.97 Å². The molecule has 0 N–H and O–H groups in total. The summed E-state index contributed by atoms with van der Waals surface area (Å²) in [6.45, 7) is 1.64. The lowest BCUT2D eigenvalue weighted by atomic mass is 9.98. The van der Waals surface area contributed by atoms with Crippen molar-refractivity contribution in [1.29, 1.82) is 0 Å². The lowest BCUT2D eigenvalue weighted by Crippen LogP contribution is -2.40. The third-order valence-electron chi connectivity index (χ3n) is 4.67. The fourth-order valence-corrected chi connectivity index (χ4v) is 4.75. The highest BCUT2D eigenvalue weighted by molar-refractivity contribution is 7.89. The van der Waals surface area contributed by atoms with Gasteiger partial charge in [0.15, 0.2) is 0 Å². The molecule has 1 unspecified atom stereocenters. The van der Waals surface area contributed by atoms with E-state index in [-0.39, 0.29) is 22.9 Å². The van der Waals surface area contributed by atoms with Gasteiger partial charge in [0.1, 0.15) is 6.61 Å². The van der Waals surface area contributed by atoms with E-state index < -0.39 is 10.0 Å². The van der Waals surface area contributed by atoms with E-state index in [1.807, 2.05) is 0 Å². The predicted octanol–water partition coefficient (Wildman–Crippen LogP) is 2.46. The summed E-state index contributed by atoms with van der Waals surface area (Å²) in [5, 5.41) is 0.492. The minimum Gasteiger partial charge on any atom is -0.463 e. The second-order valence-corrected chi connectivity index (χ2v) is 8.77. The van der Waals surface area contributed by atoms with Gasteiger partial charge in [0.25, 0.3) is 0 Å². The number of piperidine rings is 1. The Labute approximate surface area is 153 Å². The van der Waals surface area contributed by atoms with Crippen molar-refractivity contribution in [3.63, 3.8) is 0 Å². The molecule has 0 spiro atoms. The number of hydrogen-bond acceptors (Lipinski definition) is 5. The molecule has 2 aliphatic heterocycles. The zero-order valence-corrected chi connectivity index (χ0v) is 15.5. The molecule has 1 aromatic carbocycles. The maximum Gasteiger partial charge on any atom is 0.309 e. The van der Waals surface area contributed by atoms with Crippen molar-refractivity contribution in [2.45, 2.75) is 36.7 Å². The Balaban J connectivity index is 1.52. The van der Waals surface area contributed by atoms with Crippen LogP contribution in [0.25, 0.3) is 0 Å². The van der Waals surface area contributed by atoms with E-state index in [1.165, 1.54) is 16.4 Å². The van der Waals surface area contributed by atoms with Crippen LogP contribution >= 0.6 is 11.6 Å². The second kappa shape index (κ2) is 8.03. The number of sulfonamides is 1. The minimum atomic E-state index is -3.55. The highest BCUT2D eigenvalue weighted by Crippen LogP contribution is 2.25. The first-order valence-electron chi connectivity index (χ1n) is 8.51. The quantitative estimate of drug-likeness (QED) is 0.725. The van der Waals surface area contributed by atoms with Gasteiger partial charge in [-0.1, -0.05) is 11.6 Å². The summed E-state index contributed by atoms with van der Waals surface area (Å²) in [6, 6.07) is 6.12. The van der Waals surface area contributed by atoms with Gasteiger partial charge in [-0.3, -0.25) is 4.79 Å². The Kier molecular flexibility index (Phi) is 5.99. The van der Waals surface area contributed by atoms with Gasteiger partial charge in [0.2, 0.25) is 10.0 Å². The highest BCUT2D eigenvalue weighted by Gasteiger charge is 2.33. The fraction of sp³-hybridized carbons (Fsp3) is 0.588. The van der Waals surface area contributed by atoms with Crippen LogP contribution in [0, 0.1) is 5.92 Å². The maximum absolute atomic E-state index is 12.6. The molecule has 2 aliphatic rings. The van der Waals surface area contributed by atoms with Gasteiger partial charge in [-0.25, -0.2) is 8.42 Å². The molecule has 0 saturated carbocycles. The molecule has 0 amide bonds. The first-order chi connectivity index (χ1) is 12.0. The van der Waals surface area contributed by atoms with Gasteiger partial charge in [-0.05, 0) is 49.9 Å². The molecule has 6 nitrogen and oxygen atoms in total. The van der Waals surface area contributed by atoms with Crippen LogP contribution in [-0.4, -0.2) is 51.1 Å². The number of rotatable bonds is 5. The standard InChI is InChI=1S/C17H22ClNO5S/c18-14-3-5-16(6-4-14)25(21,22)19-9-7-13(8-10-19)17(20)24-12-15-2-1-11-23-15/h3-6,13,15H,1-2,7-12H2. The third kappa shape index (κ3) is 4.53. The minimum absolute atomic E-state index is 0.00863. The summed E-state index contributed by atoms with van der Waals surface area (Å²) in [5.41, 5.74) is 0. The topological polar surface area (TPSA) is 72.9 Å². The van der Waals surface area contributed by atoms with Crippen LogP contribution in [0.5, 0.6) is 0 Å². The van der Waals surface area contributed by atoms with Crippen LogP contribution in [0.1, 0.15) is 25.7 Å². The number of carbonyl (C=O) groups is 1. The van der Waals surface area contributed by atoms with Gasteiger partial charge in [0, 0.05) is 24.7 Å². The molecule has 0 bridgehead atoms. The van der Waals surface area contributed by atoms with Gasteiger partial charge in [-0.15, -0.1) is 0 Å². The molecule has 2 saturated heterocycles. The summed E-state index contributed by atoms with van der Waals surface area (Å²) >= 11 is 5.81. The number of carbonyl (C=O) groups excluding carboxylic acids is 1. The molecular formula is C17H22ClNO5S. The molecule has 0 aliphatic carbocycles. The summed E-state index contributed by atoms with van der Waals surface area (Å²) in [6.07, 6.45) is 2.87. The van der Waals surface area contributed by atoms with Crippen LogP contribution in [0.15, 0.2) is 29.2 Å². The van der Waals surface area contributed by atoms with Crippen molar-refractivity contribution in [1.82, 2.24) is 4.31 Å². The highest BCUT2D eigenvalue weighted by atomic mass is 35.5. The second-order valence-electron chi connectivity index (χ2n) is 6.40. The molecule has 2 fully saturated rings. The summed E-state index contributed by atoms with van der Waals surface area (Å²) in [7, 11) is -3.55.